The summed E-state index contributed by atoms with van der Waals surface area (Å²) >= 11 is 1.65. The molecule has 0 spiro atoms. The Labute approximate surface area is 127 Å². The van der Waals surface area contributed by atoms with E-state index < -0.39 is 5.60 Å². The molecule has 112 valence electrons. The van der Waals surface area contributed by atoms with Crippen LogP contribution in [0.15, 0.2) is 23.8 Å². The van der Waals surface area contributed by atoms with Crippen LogP contribution < -0.4 is 5.32 Å². The van der Waals surface area contributed by atoms with Crippen LogP contribution in [0.1, 0.15) is 43.1 Å². The molecule has 0 amide bonds. The molecule has 1 aliphatic heterocycles. The summed E-state index contributed by atoms with van der Waals surface area (Å²) in [5, 5.41) is 5.40. The van der Waals surface area contributed by atoms with Gasteiger partial charge in [0.25, 0.3) is 0 Å². The molecule has 0 aromatic carbocycles. The Balaban J connectivity index is 1.86. The van der Waals surface area contributed by atoms with E-state index >= 15 is 0 Å². The molecule has 3 heterocycles. The van der Waals surface area contributed by atoms with E-state index in [2.05, 4.69) is 21.4 Å². The number of imidazole rings is 1. The fourth-order valence-corrected chi connectivity index (χ4v) is 3.27. The van der Waals surface area contributed by atoms with Gasteiger partial charge in [-0.05, 0) is 32.2 Å². The highest BCUT2D eigenvalue weighted by atomic mass is 32.1. The third kappa shape index (κ3) is 3.01. The average Bonchev–Trinajstić information content (AvgIpc) is 3.06. The summed E-state index contributed by atoms with van der Waals surface area (Å²) in [5.74, 6) is -0.218. The van der Waals surface area contributed by atoms with Crippen molar-refractivity contribution in [2.45, 2.75) is 44.9 Å². The molecule has 3 rings (SSSR count). The summed E-state index contributed by atoms with van der Waals surface area (Å²) in [6, 6.07) is 3.64. The van der Waals surface area contributed by atoms with E-state index in [1.165, 1.54) is 0 Å². The lowest BCUT2D eigenvalue weighted by atomic mass is 9.98. The first-order valence-corrected chi connectivity index (χ1v) is 7.86. The minimum atomic E-state index is -0.481. The molecule has 0 fully saturated rings. The number of aromatic amines is 1. The second-order valence-electron chi connectivity index (χ2n) is 6.17. The number of aromatic nitrogens is 2. The van der Waals surface area contributed by atoms with Crippen molar-refractivity contribution in [3.05, 3.63) is 40.1 Å². The molecule has 21 heavy (non-hydrogen) atoms. The number of hydrogen-bond donors (Lipinski definition) is 2. The molecule has 0 bridgehead atoms. The molecule has 0 aliphatic carbocycles. The number of carbonyl (C=O) groups excluding carboxylic acids is 1. The first-order valence-electron chi connectivity index (χ1n) is 6.98. The molecule has 0 saturated heterocycles. The zero-order valence-electron chi connectivity index (χ0n) is 12.3. The van der Waals surface area contributed by atoms with Gasteiger partial charge in [-0.1, -0.05) is 6.07 Å². The van der Waals surface area contributed by atoms with Crippen LogP contribution in [0.25, 0.3) is 0 Å². The van der Waals surface area contributed by atoms with Crippen molar-refractivity contribution in [1.29, 1.82) is 0 Å². The topological polar surface area (TPSA) is 67.0 Å². The molecule has 1 aliphatic rings. The fourth-order valence-electron chi connectivity index (χ4n) is 2.48. The predicted molar refractivity (Wildman–Crippen MR) is 81.2 cm³/mol. The van der Waals surface area contributed by atoms with Gasteiger partial charge in [0.05, 0.1) is 18.1 Å². The highest BCUT2D eigenvalue weighted by Crippen LogP contribution is 2.31. The summed E-state index contributed by atoms with van der Waals surface area (Å²) in [6.07, 6.45) is 2.26. The predicted octanol–water partition coefficient (Wildman–Crippen LogP) is 2.42. The smallest absolute Gasteiger partial charge is 0.324 e. The molecule has 2 aromatic heterocycles. The van der Waals surface area contributed by atoms with Gasteiger partial charge >= 0.3 is 5.97 Å². The number of rotatable bonds is 2. The highest BCUT2D eigenvalue weighted by Gasteiger charge is 2.35. The van der Waals surface area contributed by atoms with Gasteiger partial charge in [0, 0.05) is 17.0 Å². The molecule has 6 heteroatoms. The Kier molecular flexibility index (Phi) is 3.59. The van der Waals surface area contributed by atoms with Crippen molar-refractivity contribution in [2.24, 2.45) is 0 Å². The Morgan fingerprint density at radius 2 is 2.29 bits per heavy atom. The number of ether oxygens (including phenoxy) is 1. The largest absolute Gasteiger partial charge is 0.459 e. The second kappa shape index (κ2) is 5.27. The summed E-state index contributed by atoms with van der Waals surface area (Å²) < 4.78 is 5.50. The molecule has 5 nitrogen and oxygen atoms in total. The van der Waals surface area contributed by atoms with Gasteiger partial charge < -0.3 is 9.72 Å². The number of H-pyrrole nitrogens is 1. The quantitative estimate of drug-likeness (QED) is 0.836. The maximum atomic E-state index is 12.3. The van der Waals surface area contributed by atoms with Crippen molar-refractivity contribution in [3.8, 4) is 0 Å². The van der Waals surface area contributed by atoms with Crippen molar-refractivity contribution in [3.63, 3.8) is 0 Å². The zero-order chi connectivity index (χ0) is 15.0. The van der Waals surface area contributed by atoms with Crippen LogP contribution in [0, 0.1) is 0 Å². The second-order valence-corrected chi connectivity index (χ2v) is 7.15. The molecule has 2 N–H and O–H groups in total. The molecular formula is C15H19N3O2S. The number of hydrogen-bond acceptors (Lipinski definition) is 5. The van der Waals surface area contributed by atoms with Crippen molar-refractivity contribution in [2.75, 3.05) is 0 Å². The van der Waals surface area contributed by atoms with Crippen molar-refractivity contribution < 1.29 is 9.53 Å². The molecule has 0 unspecified atom stereocenters. The van der Waals surface area contributed by atoms with Crippen molar-refractivity contribution in [1.82, 2.24) is 15.3 Å². The highest BCUT2D eigenvalue weighted by molar-refractivity contribution is 7.10. The van der Waals surface area contributed by atoms with Gasteiger partial charge in [-0.2, -0.15) is 0 Å². The van der Waals surface area contributed by atoms with E-state index in [-0.39, 0.29) is 18.1 Å². The van der Waals surface area contributed by atoms with Crippen LogP contribution in [0.2, 0.25) is 0 Å². The fraction of sp³-hybridized carbons (Fsp3) is 0.467. The molecule has 0 radical (unpaired) electrons. The minimum Gasteiger partial charge on any atom is -0.459 e. The average molecular weight is 305 g/mol. The Bertz CT molecular complexity index is 628. The number of nitrogens with zero attached hydrogens (tertiary/aromatic N) is 1. The lowest BCUT2D eigenvalue weighted by Gasteiger charge is -2.30. The summed E-state index contributed by atoms with van der Waals surface area (Å²) in [5.41, 5.74) is 1.49. The zero-order valence-corrected chi connectivity index (χ0v) is 13.2. The van der Waals surface area contributed by atoms with Crippen LogP contribution in [0.5, 0.6) is 0 Å². The number of carbonyl (C=O) groups is 1. The SMILES string of the molecule is CC(C)(C)OC(=O)[C@@H]1Cc2[nH]cnc2[C@H](c2cccs2)N1. The summed E-state index contributed by atoms with van der Waals surface area (Å²) in [7, 11) is 0. The van der Waals surface area contributed by atoms with Crippen molar-refractivity contribution >= 4 is 17.3 Å². The van der Waals surface area contributed by atoms with Crippen LogP contribution in [0.3, 0.4) is 0 Å². The van der Waals surface area contributed by atoms with E-state index in [0.29, 0.717) is 6.42 Å². The first kappa shape index (κ1) is 14.3. The Morgan fingerprint density at radius 1 is 1.48 bits per heavy atom. The lowest BCUT2D eigenvalue weighted by molar-refractivity contribution is -0.157. The minimum absolute atomic E-state index is 0.0579. The maximum absolute atomic E-state index is 12.3. The Hall–Kier alpha value is -1.66. The van der Waals surface area contributed by atoms with E-state index in [1.807, 2.05) is 32.2 Å². The number of thiophene rings is 1. The first-order chi connectivity index (χ1) is 9.94. The van der Waals surface area contributed by atoms with E-state index in [4.69, 9.17) is 4.74 Å². The summed E-state index contributed by atoms with van der Waals surface area (Å²) in [4.78, 5) is 21.0. The van der Waals surface area contributed by atoms with E-state index in [1.54, 1.807) is 17.7 Å². The maximum Gasteiger partial charge on any atom is 0.324 e. The van der Waals surface area contributed by atoms with Gasteiger partial charge in [0.1, 0.15) is 11.6 Å². The lowest BCUT2D eigenvalue weighted by Crippen LogP contribution is -2.47. The van der Waals surface area contributed by atoms with E-state index in [0.717, 1.165) is 16.3 Å². The molecule has 0 saturated carbocycles. The van der Waals surface area contributed by atoms with Crippen LogP contribution in [-0.2, 0) is 16.0 Å². The molecule has 2 atom stereocenters. The Morgan fingerprint density at radius 3 is 2.95 bits per heavy atom. The van der Waals surface area contributed by atoms with Crippen LogP contribution in [-0.4, -0.2) is 27.6 Å². The normalized spacial score (nSPS) is 21.9. The van der Waals surface area contributed by atoms with E-state index in [9.17, 15) is 4.79 Å². The van der Waals surface area contributed by atoms with Crippen LogP contribution >= 0.6 is 11.3 Å². The molecule has 2 aromatic rings. The van der Waals surface area contributed by atoms with Crippen LogP contribution in [0.4, 0.5) is 0 Å². The van der Waals surface area contributed by atoms with Gasteiger partial charge in [-0.25, -0.2) is 4.98 Å². The molecular weight excluding hydrogens is 286 g/mol. The number of fused-ring (bicyclic) bond motifs is 1. The third-order valence-electron chi connectivity index (χ3n) is 3.32. The number of esters is 1. The third-order valence-corrected chi connectivity index (χ3v) is 4.26. The van der Waals surface area contributed by atoms with Gasteiger partial charge in [0.2, 0.25) is 0 Å². The van der Waals surface area contributed by atoms with Gasteiger partial charge in [-0.3, -0.25) is 10.1 Å². The standard InChI is InChI=1S/C15H19N3O2S/c1-15(2,3)20-14(19)10-7-9-12(17-8-16-9)13(18-10)11-5-4-6-21-11/h4-6,8,10,13,18H,7H2,1-3H3,(H,16,17)/t10-,13-/m0/s1. The summed E-state index contributed by atoms with van der Waals surface area (Å²) in [6.45, 7) is 5.64. The number of nitrogens with one attached hydrogen (secondary N) is 2. The monoisotopic (exact) mass is 305 g/mol. The van der Waals surface area contributed by atoms with Gasteiger partial charge in [0.15, 0.2) is 0 Å². The van der Waals surface area contributed by atoms with Gasteiger partial charge in [-0.15, -0.1) is 11.3 Å².